The van der Waals surface area contributed by atoms with Crippen LogP contribution < -0.4 is 0 Å². The smallest absolute Gasteiger partial charge is 0.328 e. The fourth-order valence-electron chi connectivity index (χ4n) is 2.75. The van der Waals surface area contributed by atoms with Crippen LogP contribution in [0.15, 0.2) is 24.3 Å². The lowest BCUT2D eigenvalue weighted by atomic mass is 9.98. The second-order valence-corrected chi connectivity index (χ2v) is 5.79. The van der Waals surface area contributed by atoms with Gasteiger partial charge in [-0.05, 0) is 25.3 Å². The number of hydrogen-bond donors (Lipinski definition) is 1. The van der Waals surface area contributed by atoms with Crippen LogP contribution in [0.2, 0.25) is 0 Å². The normalized spacial score (nSPS) is 21.5. The standard InChI is InChI=1S/C17H23NO4/c1-12-3-5-13(6-4-12)7-8-16(20)18-10-9-14(19)11-15(18)17(21)22-2/h3-6,14-15,19H,7-11H2,1-2H3/t14-,15+/m0/s1. The van der Waals surface area contributed by atoms with E-state index in [0.29, 0.717) is 25.8 Å². The number of aryl methyl sites for hydroxylation is 2. The molecule has 1 aliphatic heterocycles. The predicted octanol–water partition coefficient (Wildman–Crippen LogP) is 1.45. The summed E-state index contributed by atoms with van der Waals surface area (Å²) >= 11 is 0. The van der Waals surface area contributed by atoms with Crippen LogP contribution in [0.5, 0.6) is 0 Å². The molecule has 0 bridgehead atoms. The monoisotopic (exact) mass is 305 g/mol. The van der Waals surface area contributed by atoms with E-state index in [-0.39, 0.29) is 12.3 Å². The fraction of sp³-hybridized carbons (Fsp3) is 0.529. The number of carbonyl (C=O) groups excluding carboxylic acids is 2. The maximum absolute atomic E-state index is 12.4. The molecule has 2 atom stereocenters. The third kappa shape index (κ3) is 4.07. The predicted molar refractivity (Wildman–Crippen MR) is 82.3 cm³/mol. The Kier molecular flexibility index (Phi) is 5.55. The maximum Gasteiger partial charge on any atom is 0.328 e. The van der Waals surface area contributed by atoms with Gasteiger partial charge in [-0.3, -0.25) is 4.79 Å². The summed E-state index contributed by atoms with van der Waals surface area (Å²) < 4.78 is 4.75. The molecule has 1 aromatic carbocycles. The van der Waals surface area contributed by atoms with Crippen molar-refractivity contribution in [1.29, 1.82) is 0 Å². The second-order valence-electron chi connectivity index (χ2n) is 5.79. The minimum absolute atomic E-state index is 0.0668. The van der Waals surface area contributed by atoms with Gasteiger partial charge in [0, 0.05) is 19.4 Å². The van der Waals surface area contributed by atoms with Crippen LogP contribution in [-0.4, -0.2) is 47.7 Å². The van der Waals surface area contributed by atoms with Crippen molar-refractivity contribution >= 4 is 11.9 Å². The van der Waals surface area contributed by atoms with Crippen LogP contribution in [0.4, 0.5) is 0 Å². The third-order valence-electron chi connectivity index (χ3n) is 4.12. The zero-order valence-electron chi connectivity index (χ0n) is 13.1. The van der Waals surface area contributed by atoms with Gasteiger partial charge < -0.3 is 14.7 Å². The van der Waals surface area contributed by atoms with Gasteiger partial charge in [0.15, 0.2) is 0 Å². The van der Waals surface area contributed by atoms with Crippen molar-refractivity contribution in [2.75, 3.05) is 13.7 Å². The summed E-state index contributed by atoms with van der Waals surface area (Å²) in [6, 6.07) is 7.41. The summed E-state index contributed by atoms with van der Waals surface area (Å²) in [7, 11) is 1.30. The Morgan fingerprint density at radius 2 is 2.00 bits per heavy atom. The molecule has 0 radical (unpaired) electrons. The molecule has 1 amide bonds. The molecule has 120 valence electrons. The first kappa shape index (κ1) is 16.5. The number of nitrogens with zero attached hydrogens (tertiary/aromatic N) is 1. The number of esters is 1. The lowest BCUT2D eigenvalue weighted by Crippen LogP contribution is -2.51. The van der Waals surface area contributed by atoms with Crippen molar-refractivity contribution < 1.29 is 19.4 Å². The van der Waals surface area contributed by atoms with Gasteiger partial charge in [0.2, 0.25) is 5.91 Å². The molecule has 1 heterocycles. The van der Waals surface area contributed by atoms with Crippen LogP contribution in [0.3, 0.4) is 0 Å². The highest BCUT2D eigenvalue weighted by molar-refractivity contribution is 5.85. The number of ether oxygens (including phenoxy) is 1. The Labute approximate surface area is 130 Å². The average molecular weight is 305 g/mol. The van der Waals surface area contributed by atoms with E-state index in [0.717, 1.165) is 5.56 Å². The first-order chi connectivity index (χ1) is 10.5. The number of aliphatic hydroxyl groups excluding tert-OH is 1. The van der Waals surface area contributed by atoms with Crippen molar-refractivity contribution in [2.24, 2.45) is 0 Å². The highest BCUT2D eigenvalue weighted by atomic mass is 16.5. The van der Waals surface area contributed by atoms with E-state index in [9.17, 15) is 14.7 Å². The SMILES string of the molecule is COC(=O)[C@H]1C[C@@H](O)CCN1C(=O)CCc1ccc(C)cc1. The lowest BCUT2D eigenvalue weighted by Gasteiger charge is -2.36. The Bertz CT molecular complexity index is 526. The number of hydrogen-bond acceptors (Lipinski definition) is 4. The van der Waals surface area contributed by atoms with Gasteiger partial charge in [0.25, 0.3) is 0 Å². The van der Waals surface area contributed by atoms with Crippen LogP contribution in [-0.2, 0) is 20.7 Å². The molecule has 1 fully saturated rings. The summed E-state index contributed by atoms with van der Waals surface area (Å²) in [6.45, 7) is 2.42. The number of rotatable bonds is 4. The topological polar surface area (TPSA) is 66.8 Å². The second kappa shape index (κ2) is 7.40. The molecule has 0 saturated carbocycles. The van der Waals surface area contributed by atoms with E-state index in [4.69, 9.17) is 4.74 Å². The Hall–Kier alpha value is -1.88. The molecule has 0 aliphatic carbocycles. The number of piperidine rings is 1. The molecule has 0 unspecified atom stereocenters. The first-order valence-electron chi connectivity index (χ1n) is 7.62. The van der Waals surface area contributed by atoms with Crippen LogP contribution in [0, 0.1) is 6.92 Å². The molecule has 5 nitrogen and oxygen atoms in total. The molecule has 1 saturated heterocycles. The maximum atomic E-state index is 12.4. The number of carbonyl (C=O) groups is 2. The lowest BCUT2D eigenvalue weighted by molar-refractivity contribution is -0.157. The molecular weight excluding hydrogens is 282 g/mol. The van der Waals surface area contributed by atoms with Crippen LogP contribution in [0.25, 0.3) is 0 Å². The quantitative estimate of drug-likeness (QED) is 0.855. The van der Waals surface area contributed by atoms with Gasteiger partial charge in [-0.25, -0.2) is 4.79 Å². The summed E-state index contributed by atoms with van der Waals surface area (Å²) in [5, 5.41) is 9.71. The van der Waals surface area contributed by atoms with Crippen molar-refractivity contribution in [3.8, 4) is 0 Å². The molecule has 2 rings (SSSR count). The van der Waals surface area contributed by atoms with Crippen LogP contribution >= 0.6 is 0 Å². The first-order valence-corrected chi connectivity index (χ1v) is 7.62. The Balaban J connectivity index is 1.97. The minimum atomic E-state index is -0.667. The highest BCUT2D eigenvalue weighted by Crippen LogP contribution is 2.20. The average Bonchev–Trinajstić information content (AvgIpc) is 2.53. The molecule has 1 N–H and O–H groups in total. The fourth-order valence-corrected chi connectivity index (χ4v) is 2.75. The molecule has 0 aromatic heterocycles. The molecule has 22 heavy (non-hydrogen) atoms. The zero-order chi connectivity index (χ0) is 16.1. The summed E-state index contributed by atoms with van der Waals surface area (Å²) in [5.74, 6) is -0.523. The Morgan fingerprint density at radius 1 is 1.32 bits per heavy atom. The van der Waals surface area contributed by atoms with E-state index < -0.39 is 18.1 Å². The van der Waals surface area contributed by atoms with Crippen molar-refractivity contribution in [2.45, 2.75) is 44.8 Å². The van der Waals surface area contributed by atoms with Gasteiger partial charge in [-0.1, -0.05) is 29.8 Å². The number of methoxy groups -OCH3 is 1. The minimum Gasteiger partial charge on any atom is -0.467 e. The van der Waals surface area contributed by atoms with Gasteiger partial charge in [0.1, 0.15) is 6.04 Å². The summed E-state index contributed by atoms with van der Waals surface area (Å²) in [5.41, 5.74) is 2.29. The molecule has 5 heteroatoms. The Morgan fingerprint density at radius 3 is 2.64 bits per heavy atom. The number of likely N-dealkylation sites (tertiary alicyclic amines) is 1. The van der Waals surface area contributed by atoms with E-state index in [1.165, 1.54) is 12.7 Å². The van der Waals surface area contributed by atoms with Gasteiger partial charge in [-0.2, -0.15) is 0 Å². The molecule has 1 aliphatic rings. The van der Waals surface area contributed by atoms with E-state index in [2.05, 4.69) is 0 Å². The molecule has 1 aromatic rings. The third-order valence-corrected chi connectivity index (χ3v) is 4.12. The van der Waals surface area contributed by atoms with Crippen molar-refractivity contribution in [3.63, 3.8) is 0 Å². The van der Waals surface area contributed by atoms with Crippen molar-refractivity contribution in [1.82, 2.24) is 4.90 Å². The van der Waals surface area contributed by atoms with Gasteiger partial charge >= 0.3 is 5.97 Å². The van der Waals surface area contributed by atoms with Gasteiger partial charge in [0.05, 0.1) is 13.2 Å². The number of benzene rings is 1. The van der Waals surface area contributed by atoms with E-state index in [1.54, 1.807) is 4.90 Å². The largest absolute Gasteiger partial charge is 0.467 e. The van der Waals surface area contributed by atoms with Gasteiger partial charge in [-0.15, -0.1) is 0 Å². The number of aliphatic hydroxyl groups is 1. The van der Waals surface area contributed by atoms with E-state index >= 15 is 0 Å². The van der Waals surface area contributed by atoms with Crippen LogP contribution in [0.1, 0.15) is 30.4 Å². The van der Waals surface area contributed by atoms with E-state index in [1.807, 2.05) is 31.2 Å². The van der Waals surface area contributed by atoms with Crippen molar-refractivity contribution in [3.05, 3.63) is 35.4 Å². The molecule has 0 spiro atoms. The molecular formula is C17H23NO4. The zero-order valence-corrected chi connectivity index (χ0v) is 13.1. The summed E-state index contributed by atoms with van der Waals surface area (Å²) in [6.07, 6.45) is 1.20. The summed E-state index contributed by atoms with van der Waals surface area (Å²) in [4.78, 5) is 25.8. The highest BCUT2D eigenvalue weighted by Gasteiger charge is 2.35. The number of amides is 1.